The van der Waals surface area contributed by atoms with Crippen LogP contribution in [0.2, 0.25) is 5.02 Å². The first-order valence-corrected chi connectivity index (χ1v) is 9.09. The van der Waals surface area contributed by atoms with Crippen molar-refractivity contribution in [2.24, 2.45) is 11.8 Å². The van der Waals surface area contributed by atoms with Crippen molar-refractivity contribution in [2.45, 2.75) is 51.9 Å². The first-order chi connectivity index (χ1) is 10.7. The van der Waals surface area contributed by atoms with Gasteiger partial charge in [0.05, 0.1) is 0 Å². The maximum absolute atomic E-state index is 12.6. The molecule has 0 bridgehead atoms. The summed E-state index contributed by atoms with van der Waals surface area (Å²) in [5.41, 5.74) is 0.775. The molecule has 2 rings (SSSR count). The number of ketones is 1. The van der Waals surface area contributed by atoms with Crippen molar-refractivity contribution in [1.82, 2.24) is 5.32 Å². The third-order valence-electron chi connectivity index (χ3n) is 4.71. The summed E-state index contributed by atoms with van der Waals surface area (Å²) < 4.78 is 0. The van der Waals surface area contributed by atoms with E-state index in [0.29, 0.717) is 5.02 Å². The van der Waals surface area contributed by atoms with Crippen LogP contribution in [0.4, 0.5) is 0 Å². The monoisotopic (exact) mass is 321 g/mol. The fourth-order valence-corrected chi connectivity index (χ4v) is 3.52. The van der Waals surface area contributed by atoms with Crippen LogP contribution in [-0.2, 0) is 0 Å². The number of hydrogen-bond acceptors (Lipinski definition) is 2. The Balaban J connectivity index is 1.83. The molecule has 0 amide bonds. The summed E-state index contributed by atoms with van der Waals surface area (Å²) in [6, 6.07) is 7.39. The minimum Gasteiger partial charge on any atom is -0.316 e. The fourth-order valence-electron chi connectivity index (χ4n) is 3.33. The van der Waals surface area contributed by atoms with E-state index in [2.05, 4.69) is 12.2 Å². The lowest BCUT2D eigenvalue weighted by atomic mass is 9.90. The Morgan fingerprint density at radius 1 is 1.27 bits per heavy atom. The molecule has 1 aliphatic carbocycles. The minimum atomic E-state index is 0.180. The van der Waals surface area contributed by atoms with E-state index < -0.39 is 0 Å². The summed E-state index contributed by atoms with van der Waals surface area (Å²) in [7, 11) is 0. The molecule has 22 heavy (non-hydrogen) atoms. The van der Waals surface area contributed by atoms with Gasteiger partial charge in [-0.05, 0) is 63.2 Å². The first-order valence-electron chi connectivity index (χ1n) is 8.71. The smallest absolute Gasteiger partial charge is 0.165 e. The standard InChI is InChI=1S/C19H28ClNO/c1-2-3-12-21-14-15-6-4-7-16(11-10-15)19(22)17-8-5-9-18(20)13-17/h5,8-9,13,15-16,21H,2-4,6-7,10-12,14H2,1H3. The molecule has 0 radical (unpaired) electrons. The summed E-state index contributed by atoms with van der Waals surface area (Å²) in [5.74, 6) is 1.19. The molecule has 2 atom stereocenters. The Bertz CT molecular complexity index is 474. The van der Waals surface area contributed by atoms with Crippen molar-refractivity contribution in [3.63, 3.8) is 0 Å². The maximum Gasteiger partial charge on any atom is 0.165 e. The molecule has 3 heteroatoms. The van der Waals surface area contributed by atoms with Gasteiger partial charge in [0.1, 0.15) is 0 Å². The van der Waals surface area contributed by atoms with Crippen LogP contribution < -0.4 is 5.32 Å². The van der Waals surface area contributed by atoms with Gasteiger partial charge in [0.15, 0.2) is 5.78 Å². The van der Waals surface area contributed by atoms with Crippen LogP contribution in [0.15, 0.2) is 24.3 Å². The zero-order valence-electron chi connectivity index (χ0n) is 13.6. The molecule has 0 aromatic heterocycles. The highest BCUT2D eigenvalue weighted by molar-refractivity contribution is 6.31. The molecule has 1 aromatic carbocycles. The molecule has 2 unspecified atom stereocenters. The summed E-state index contributed by atoms with van der Waals surface area (Å²) >= 11 is 6.01. The van der Waals surface area contributed by atoms with Crippen LogP contribution in [0.1, 0.15) is 62.2 Å². The highest BCUT2D eigenvalue weighted by Crippen LogP contribution is 2.29. The zero-order chi connectivity index (χ0) is 15.8. The number of Topliss-reactive ketones (excluding diaryl/α,β-unsaturated/α-hetero) is 1. The molecular formula is C19H28ClNO. The minimum absolute atomic E-state index is 0.180. The molecule has 0 heterocycles. The molecular weight excluding hydrogens is 294 g/mol. The van der Waals surface area contributed by atoms with Gasteiger partial charge in [-0.2, -0.15) is 0 Å². The number of benzene rings is 1. The predicted octanol–water partition coefficient (Wildman–Crippen LogP) is 5.11. The first kappa shape index (κ1) is 17.5. The van der Waals surface area contributed by atoms with E-state index >= 15 is 0 Å². The molecule has 1 saturated carbocycles. The van der Waals surface area contributed by atoms with Crippen molar-refractivity contribution in [2.75, 3.05) is 13.1 Å². The summed E-state index contributed by atoms with van der Waals surface area (Å²) in [4.78, 5) is 12.6. The Kier molecular flexibility index (Phi) is 7.41. The highest BCUT2D eigenvalue weighted by atomic mass is 35.5. The number of rotatable bonds is 7. The number of unbranched alkanes of at least 4 members (excludes halogenated alkanes) is 1. The molecule has 1 fully saturated rings. The Labute approximate surface area is 139 Å². The quantitative estimate of drug-likeness (QED) is 0.429. The SMILES string of the molecule is CCCCNCC1CCCC(C(=O)c2cccc(Cl)c2)CC1. The molecule has 0 aliphatic heterocycles. The zero-order valence-corrected chi connectivity index (χ0v) is 14.4. The second kappa shape index (κ2) is 9.32. The average molecular weight is 322 g/mol. The van der Waals surface area contributed by atoms with E-state index in [-0.39, 0.29) is 11.7 Å². The van der Waals surface area contributed by atoms with E-state index in [1.54, 1.807) is 6.07 Å². The summed E-state index contributed by atoms with van der Waals surface area (Å²) in [5, 5.41) is 4.22. The molecule has 1 N–H and O–H groups in total. The van der Waals surface area contributed by atoms with Gasteiger partial charge in [0.2, 0.25) is 0 Å². The van der Waals surface area contributed by atoms with Gasteiger partial charge < -0.3 is 5.32 Å². The second-order valence-corrected chi connectivity index (χ2v) is 6.94. The molecule has 1 aromatic rings. The van der Waals surface area contributed by atoms with E-state index in [1.165, 1.54) is 19.3 Å². The molecule has 0 spiro atoms. The van der Waals surface area contributed by atoms with Crippen LogP contribution in [-0.4, -0.2) is 18.9 Å². The number of nitrogens with one attached hydrogen (secondary N) is 1. The van der Waals surface area contributed by atoms with Crippen LogP contribution in [0.25, 0.3) is 0 Å². The van der Waals surface area contributed by atoms with E-state index in [0.717, 1.165) is 50.3 Å². The molecule has 0 saturated heterocycles. The van der Waals surface area contributed by atoms with Crippen molar-refractivity contribution in [3.05, 3.63) is 34.9 Å². The normalized spacial score (nSPS) is 22.3. The van der Waals surface area contributed by atoms with Crippen molar-refractivity contribution < 1.29 is 4.79 Å². The van der Waals surface area contributed by atoms with Gasteiger partial charge in [-0.1, -0.05) is 43.5 Å². The molecule has 1 aliphatic rings. The fraction of sp³-hybridized carbons (Fsp3) is 0.632. The number of hydrogen-bond donors (Lipinski definition) is 1. The number of halogens is 1. The Morgan fingerprint density at radius 3 is 2.91 bits per heavy atom. The van der Waals surface area contributed by atoms with Gasteiger partial charge >= 0.3 is 0 Å². The maximum atomic E-state index is 12.6. The van der Waals surface area contributed by atoms with Crippen LogP contribution in [0.3, 0.4) is 0 Å². The third kappa shape index (κ3) is 5.40. The molecule has 2 nitrogen and oxygen atoms in total. The van der Waals surface area contributed by atoms with Gasteiger partial charge in [-0.25, -0.2) is 0 Å². The van der Waals surface area contributed by atoms with Crippen LogP contribution in [0.5, 0.6) is 0 Å². The lowest BCUT2D eigenvalue weighted by Gasteiger charge is -2.15. The molecule has 122 valence electrons. The average Bonchev–Trinajstić information content (AvgIpc) is 2.76. The summed E-state index contributed by atoms with van der Waals surface area (Å²) in [6.45, 7) is 4.45. The lowest BCUT2D eigenvalue weighted by molar-refractivity contribution is 0.0907. The summed E-state index contributed by atoms with van der Waals surface area (Å²) in [6.07, 6.45) is 8.12. The third-order valence-corrected chi connectivity index (χ3v) is 4.94. The number of carbonyl (C=O) groups is 1. The van der Waals surface area contributed by atoms with Gasteiger partial charge in [-0.3, -0.25) is 4.79 Å². The van der Waals surface area contributed by atoms with Crippen molar-refractivity contribution in [1.29, 1.82) is 0 Å². The van der Waals surface area contributed by atoms with E-state index in [4.69, 9.17) is 11.6 Å². The highest BCUT2D eigenvalue weighted by Gasteiger charge is 2.24. The largest absolute Gasteiger partial charge is 0.316 e. The van der Waals surface area contributed by atoms with E-state index in [9.17, 15) is 4.79 Å². The predicted molar refractivity (Wildman–Crippen MR) is 93.6 cm³/mol. The van der Waals surface area contributed by atoms with Crippen molar-refractivity contribution in [3.8, 4) is 0 Å². The van der Waals surface area contributed by atoms with Crippen LogP contribution >= 0.6 is 11.6 Å². The van der Waals surface area contributed by atoms with Gasteiger partial charge in [0.25, 0.3) is 0 Å². The Morgan fingerprint density at radius 2 is 2.14 bits per heavy atom. The Hall–Kier alpha value is -0.860. The number of carbonyl (C=O) groups excluding carboxylic acids is 1. The van der Waals surface area contributed by atoms with Crippen molar-refractivity contribution >= 4 is 17.4 Å². The topological polar surface area (TPSA) is 29.1 Å². The van der Waals surface area contributed by atoms with Gasteiger partial charge in [0, 0.05) is 16.5 Å². The van der Waals surface area contributed by atoms with Gasteiger partial charge in [-0.15, -0.1) is 0 Å². The van der Waals surface area contributed by atoms with E-state index in [1.807, 2.05) is 18.2 Å². The lowest BCUT2D eigenvalue weighted by Crippen LogP contribution is -2.23. The van der Waals surface area contributed by atoms with Crippen LogP contribution in [0, 0.1) is 11.8 Å². The second-order valence-electron chi connectivity index (χ2n) is 6.50.